The molecule has 0 spiro atoms. The van der Waals surface area contributed by atoms with Crippen LogP contribution in [0.25, 0.3) is 0 Å². The molecule has 1 atom stereocenters. The van der Waals surface area contributed by atoms with Crippen LogP contribution in [0.1, 0.15) is 19.3 Å². The fourth-order valence-electron chi connectivity index (χ4n) is 1.40. The summed E-state index contributed by atoms with van der Waals surface area (Å²) in [6.45, 7) is 0.264. The van der Waals surface area contributed by atoms with Gasteiger partial charge in [0.25, 0.3) is 0 Å². The highest BCUT2D eigenvalue weighted by atomic mass is 16.6. The highest BCUT2D eigenvalue weighted by Gasteiger charge is 2.32. The Labute approximate surface area is 90.8 Å². The molecule has 1 amide bonds. The first-order valence-electron chi connectivity index (χ1n) is 4.90. The Kier molecular flexibility index (Phi) is 2.84. The summed E-state index contributed by atoms with van der Waals surface area (Å²) in [6.07, 6.45) is -0.0486. The molecule has 7 nitrogen and oxygen atoms in total. The van der Waals surface area contributed by atoms with Crippen molar-refractivity contribution in [3.05, 3.63) is 0 Å². The molecule has 2 aliphatic rings. The van der Waals surface area contributed by atoms with E-state index in [-0.39, 0.29) is 31.1 Å². The van der Waals surface area contributed by atoms with E-state index in [9.17, 15) is 14.4 Å². The molecule has 1 fully saturated rings. The van der Waals surface area contributed by atoms with Crippen molar-refractivity contribution in [1.82, 2.24) is 5.43 Å². The van der Waals surface area contributed by atoms with E-state index in [4.69, 9.17) is 4.74 Å². The number of nitrogens with zero attached hydrogens (tertiary/aromatic N) is 1. The van der Waals surface area contributed by atoms with E-state index in [2.05, 4.69) is 15.3 Å². The van der Waals surface area contributed by atoms with Crippen molar-refractivity contribution in [1.29, 1.82) is 0 Å². The Bertz CT molecular complexity index is 376. The van der Waals surface area contributed by atoms with E-state index >= 15 is 0 Å². The second-order valence-corrected chi connectivity index (χ2v) is 3.44. The van der Waals surface area contributed by atoms with Gasteiger partial charge in [-0.25, -0.2) is 15.0 Å². The first kappa shape index (κ1) is 10.6. The minimum Gasteiger partial charge on any atom is -0.463 e. The Morgan fingerprint density at radius 1 is 1.44 bits per heavy atom. The number of hydrazone groups is 1. The molecule has 0 bridgehead atoms. The number of hydrogen-bond acceptors (Lipinski definition) is 6. The fourth-order valence-corrected chi connectivity index (χ4v) is 1.40. The summed E-state index contributed by atoms with van der Waals surface area (Å²) in [5.41, 5.74) is 2.31. The number of ether oxygens (including phenoxy) is 2. The zero-order valence-electron chi connectivity index (χ0n) is 8.39. The van der Waals surface area contributed by atoms with Crippen molar-refractivity contribution >= 4 is 23.6 Å². The summed E-state index contributed by atoms with van der Waals surface area (Å²) in [5.74, 6) is -1.45. The second kappa shape index (κ2) is 4.30. The van der Waals surface area contributed by atoms with E-state index in [1.54, 1.807) is 0 Å². The molecule has 86 valence electrons. The van der Waals surface area contributed by atoms with Crippen molar-refractivity contribution in [2.45, 2.75) is 25.4 Å². The lowest BCUT2D eigenvalue weighted by Crippen LogP contribution is -2.33. The fraction of sp³-hybridized carbons (Fsp3) is 0.556. The van der Waals surface area contributed by atoms with E-state index in [1.807, 2.05) is 0 Å². The number of esters is 2. The molecule has 2 rings (SSSR count). The maximum absolute atomic E-state index is 11.5. The van der Waals surface area contributed by atoms with Gasteiger partial charge in [0.15, 0.2) is 0 Å². The van der Waals surface area contributed by atoms with E-state index < -0.39 is 18.0 Å². The van der Waals surface area contributed by atoms with Crippen LogP contribution in [0.5, 0.6) is 0 Å². The number of rotatable bonds is 2. The molecule has 0 aromatic rings. The highest BCUT2D eigenvalue weighted by Crippen LogP contribution is 2.12. The summed E-state index contributed by atoms with van der Waals surface area (Å²) >= 11 is 0. The minimum absolute atomic E-state index is 0.124. The summed E-state index contributed by atoms with van der Waals surface area (Å²) in [7, 11) is 0. The Morgan fingerprint density at radius 2 is 2.25 bits per heavy atom. The van der Waals surface area contributed by atoms with E-state index in [1.165, 1.54) is 0 Å². The first-order valence-corrected chi connectivity index (χ1v) is 4.90. The van der Waals surface area contributed by atoms with Gasteiger partial charge in [-0.1, -0.05) is 0 Å². The van der Waals surface area contributed by atoms with Gasteiger partial charge >= 0.3 is 11.9 Å². The van der Waals surface area contributed by atoms with E-state index in [0.29, 0.717) is 6.42 Å². The van der Waals surface area contributed by atoms with Gasteiger partial charge in [0, 0.05) is 19.3 Å². The molecule has 2 heterocycles. The summed E-state index contributed by atoms with van der Waals surface area (Å²) < 4.78 is 9.55. The minimum atomic E-state index is -0.840. The molecular weight excluding hydrogens is 216 g/mol. The van der Waals surface area contributed by atoms with Gasteiger partial charge in [-0.2, -0.15) is 5.10 Å². The standard InChI is InChI=1S/C9H10N2O5/c12-7-2-1-5(10-11-7)8(13)16-6-3-4-15-9(6)14/h6H,1-4H2,(H,11,12)/t6-/m0/s1. The molecular formula is C9H10N2O5. The van der Waals surface area contributed by atoms with Crippen molar-refractivity contribution in [2.24, 2.45) is 5.10 Å². The van der Waals surface area contributed by atoms with Crippen molar-refractivity contribution < 1.29 is 23.9 Å². The first-order chi connectivity index (χ1) is 7.66. The predicted molar refractivity (Wildman–Crippen MR) is 50.3 cm³/mol. The van der Waals surface area contributed by atoms with Crippen LogP contribution in [-0.2, 0) is 23.9 Å². The number of carbonyl (C=O) groups excluding carboxylic acids is 3. The molecule has 0 saturated carbocycles. The number of nitrogens with one attached hydrogen (secondary N) is 1. The second-order valence-electron chi connectivity index (χ2n) is 3.44. The number of carbonyl (C=O) groups is 3. The largest absolute Gasteiger partial charge is 0.463 e. The lowest BCUT2D eigenvalue weighted by atomic mass is 10.2. The third kappa shape index (κ3) is 2.18. The zero-order chi connectivity index (χ0) is 11.5. The van der Waals surface area contributed by atoms with Crippen LogP contribution in [0.15, 0.2) is 5.10 Å². The van der Waals surface area contributed by atoms with Crippen LogP contribution >= 0.6 is 0 Å². The monoisotopic (exact) mass is 226 g/mol. The van der Waals surface area contributed by atoms with Crippen LogP contribution in [0.4, 0.5) is 0 Å². The normalized spacial score (nSPS) is 24.5. The van der Waals surface area contributed by atoms with Crippen molar-refractivity contribution in [3.8, 4) is 0 Å². The van der Waals surface area contributed by atoms with Gasteiger partial charge in [0.05, 0.1) is 6.61 Å². The lowest BCUT2D eigenvalue weighted by Gasteiger charge is -2.12. The lowest BCUT2D eigenvalue weighted by molar-refractivity contribution is -0.155. The molecule has 1 saturated heterocycles. The van der Waals surface area contributed by atoms with Gasteiger partial charge < -0.3 is 9.47 Å². The molecule has 0 unspecified atom stereocenters. The van der Waals surface area contributed by atoms with Crippen LogP contribution in [-0.4, -0.2) is 36.3 Å². The van der Waals surface area contributed by atoms with Crippen LogP contribution in [0.2, 0.25) is 0 Å². The number of cyclic esters (lactones) is 1. The van der Waals surface area contributed by atoms with Crippen LogP contribution < -0.4 is 5.43 Å². The topological polar surface area (TPSA) is 94.1 Å². The van der Waals surface area contributed by atoms with Crippen molar-refractivity contribution in [3.63, 3.8) is 0 Å². The van der Waals surface area contributed by atoms with Gasteiger partial charge in [-0.05, 0) is 0 Å². The Hall–Kier alpha value is -1.92. The molecule has 0 aliphatic carbocycles. The maximum Gasteiger partial charge on any atom is 0.355 e. The average Bonchev–Trinajstić information content (AvgIpc) is 2.65. The average molecular weight is 226 g/mol. The zero-order valence-corrected chi connectivity index (χ0v) is 8.39. The molecule has 1 N–H and O–H groups in total. The van der Waals surface area contributed by atoms with Crippen LogP contribution in [0.3, 0.4) is 0 Å². The molecule has 0 aromatic heterocycles. The van der Waals surface area contributed by atoms with Crippen molar-refractivity contribution in [2.75, 3.05) is 6.61 Å². The number of amides is 1. The Morgan fingerprint density at radius 3 is 2.81 bits per heavy atom. The van der Waals surface area contributed by atoms with Gasteiger partial charge in [-0.15, -0.1) is 0 Å². The predicted octanol–water partition coefficient (Wildman–Crippen LogP) is -0.889. The molecule has 2 aliphatic heterocycles. The SMILES string of the molecule is O=C1CCC(C(=O)O[C@H]2CCOC2=O)=NN1. The quantitative estimate of drug-likeness (QED) is 0.616. The number of hydrogen-bond donors (Lipinski definition) is 1. The summed E-state index contributed by atoms with van der Waals surface area (Å²) in [6, 6.07) is 0. The molecule has 16 heavy (non-hydrogen) atoms. The summed E-state index contributed by atoms with van der Waals surface area (Å²) in [5, 5.41) is 3.57. The third-order valence-electron chi connectivity index (χ3n) is 2.28. The molecule has 7 heteroatoms. The van der Waals surface area contributed by atoms with Gasteiger partial charge in [0.2, 0.25) is 12.0 Å². The Balaban J connectivity index is 1.93. The smallest absolute Gasteiger partial charge is 0.355 e. The van der Waals surface area contributed by atoms with Crippen LogP contribution in [0, 0.1) is 0 Å². The van der Waals surface area contributed by atoms with E-state index in [0.717, 1.165) is 0 Å². The van der Waals surface area contributed by atoms with Gasteiger partial charge in [0.1, 0.15) is 5.71 Å². The third-order valence-corrected chi connectivity index (χ3v) is 2.28. The van der Waals surface area contributed by atoms with Gasteiger partial charge in [-0.3, -0.25) is 4.79 Å². The summed E-state index contributed by atoms with van der Waals surface area (Å²) in [4.78, 5) is 33.3. The molecule has 0 aromatic carbocycles. The highest BCUT2D eigenvalue weighted by molar-refractivity contribution is 6.37. The molecule has 0 radical (unpaired) electrons. The maximum atomic E-state index is 11.5.